The van der Waals surface area contributed by atoms with Crippen LogP contribution < -0.4 is 10.6 Å². The number of ether oxygens (including phenoxy) is 1. The number of hydrogen-bond acceptors (Lipinski definition) is 8. The minimum absolute atomic E-state index is 0.0311. The Kier molecular flexibility index (Phi) is 7.44. The summed E-state index contributed by atoms with van der Waals surface area (Å²) in [7, 11) is 1.35. The zero-order valence-corrected chi connectivity index (χ0v) is 23.3. The van der Waals surface area contributed by atoms with Crippen molar-refractivity contribution in [3.05, 3.63) is 41.1 Å². The Morgan fingerprint density at radius 3 is 2.59 bits per heavy atom. The SMILES string of the molecule is COC[C@H](c1cnn2cc([C@@H](NC(=O)c3nonc3[C@@H]3CC3(F)F)C3CCC(F)(F)CC3)nc2c1)N1CC(F)(F)CNC1=O. The number of hydrogen-bond donors (Lipinski definition) is 2. The van der Waals surface area contributed by atoms with Crippen LogP contribution in [0.3, 0.4) is 0 Å². The molecular weight excluding hydrogens is 602 g/mol. The van der Waals surface area contributed by atoms with Crippen molar-refractivity contribution in [1.29, 1.82) is 0 Å². The molecule has 2 aliphatic carbocycles. The van der Waals surface area contributed by atoms with Gasteiger partial charge in [-0.3, -0.25) is 4.79 Å². The van der Waals surface area contributed by atoms with E-state index in [0.29, 0.717) is 5.56 Å². The molecule has 4 heterocycles. The lowest BCUT2D eigenvalue weighted by Crippen LogP contribution is -2.58. The highest BCUT2D eigenvalue weighted by molar-refractivity contribution is 5.93. The Morgan fingerprint density at radius 2 is 1.91 bits per heavy atom. The van der Waals surface area contributed by atoms with Gasteiger partial charge in [-0.25, -0.2) is 45.3 Å². The van der Waals surface area contributed by atoms with Gasteiger partial charge in [0, 0.05) is 31.9 Å². The number of nitrogens with zero attached hydrogens (tertiary/aromatic N) is 6. The smallest absolute Gasteiger partial charge is 0.318 e. The summed E-state index contributed by atoms with van der Waals surface area (Å²) >= 11 is 0. The zero-order valence-electron chi connectivity index (χ0n) is 23.3. The number of alkyl halides is 6. The lowest BCUT2D eigenvalue weighted by molar-refractivity contribution is -0.0510. The number of amides is 3. The van der Waals surface area contributed by atoms with E-state index in [9.17, 15) is 35.9 Å². The highest BCUT2D eigenvalue weighted by atomic mass is 19.3. The summed E-state index contributed by atoms with van der Waals surface area (Å²) in [6, 6.07) is -1.08. The first-order valence-corrected chi connectivity index (χ1v) is 13.9. The Balaban J connectivity index is 1.31. The third-order valence-electron chi connectivity index (χ3n) is 8.33. The number of urea groups is 1. The van der Waals surface area contributed by atoms with E-state index in [1.54, 1.807) is 0 Å². The molecule has 12 nitrogen and oxygen atoms in total. The quantitative estimate of drug-likeness (QED) is 0.340. The maximum atomic E-state index is 14.2. The van der Waals surface area contributed by atoms with Gasteiger partial charge in [-0.1, -0.05) is 5.16 Å². The molecule has 3 aliphatic rings. The molecule has 3 amide bonds. The first-order chi connectivity index (χ1) is 20.8. The highest BCUT2D eigenvalue weighted by Gasteiger charge is 2.61. The Morgan fingerprint density at radius 1 is 1.18 bits per heavy atom. The lowest BCUT2D eigenvalue weighted by Gasteiger charge is -2.38. The van der Waals surface area contributed by atoms with Crippen LogP contribution in [0.5, 0.6) is 0 Å². The molecule has 0 bridgehead atoms. The van der Waals surface area contributed by atoms with E-state index < -0.39 is 91.7 Å². The number of carbonyl (C=O) groups is 2. The summed E-state index contributed by atoms with van der Waals surface area (Å²) in [5.41, 5.74) is 0.0646. The van der Waals surface area contributed by atoms with E-state index in [4.69, 9.17) is 4.74 Å². The molecule has 0 radical (unpaired) electrons. The normalized spacial score (nSPS) is 24.1. The number of carbonyl (C=O) groups excluding carboxylic acids is 2. The Labute approximate surface area is 245 Å². The molecule has 18 heteroatoms. The van der Waals surface area contributed by atoms with E-state index >= 15 is 0 Å². The second kappa shape index (κ2) is 10.9. The molecule has 3 fully saturated rings. The van der Waals surface area contributed by atoms with Gasteiger partial charge in [0.05, 0.1) is 55.8 Å². The highest BCUT2D eigenvalue weighted by Crippen LogP contribution is 2.55. The van der Waals surface area contributed by atoms with Crippen molar-refractivity contribution in [3.8, 4) is 0 Å². The Hall–Kier alpha value is -3.96. The van der Waals surface area contributed by atoms with E-state index in [0.717, 1.165) is 4.90 Å². The van der Waals surface area contributed by atoms with Gasteiger partial charge in [-0.2, -0.15) is 5.10 Å². The van der Waals surface area contributed by atoms with Crippen LogP contribution in [0.1, 0.15) is 77.5 Å². The van der Waals surface area contributed by atoms with E-state index in [2.05, 4.69) is 35.7 Å². The number of nitrogens with one attached hydrogen (secondary N) is 2. The van der Waals surface area contributed by atoms with E-state index in [1.165, 1.54) is 30.1 Å². The molecule has 0 unspecified atom stereocenters. The maximum Gasteiger partial charge on any atom is 0.318 e. The predicted octanol–water partition coefficient (Wildman–Crippen LogP) is 3.88. The first-order valence-electron chi connectivity index (χ1n) is 13.9. The van der Waals surface area contributed by atoms with Gasteiger partial charge < -0.3 is 20.3 Å². The van der Waals surface area contributed by atoms with Crippen molar-refractivity contribution in [2.75, 3.05) is 26.8 Å². The summed E-state index contributed by atoms with van der Waals surface area (Å²) in [4.78, 5) is 31.3. The first kappa shape index (κ1) is 30.1. The van der Waals surface area contributed by atoms with Gasteiger partial charge in [0.2, 0.25) is 5.92 Å². The number of halogens is 6. The molecule has 3 aromatic heterocycles. The van der Waals surface area contributed by atoms with Crippen LogP contribution in [0.25, 0.3) is 5.65 Å². The fourth-order valence-electron chi connectivity index (χ4n) is 5.83. The van der Waals surface area contributed by atoms with Crippen molar-refractivity contribution in [2.24, 2.45) is 5.92 Å². The predicted molar refractivity (Wildman–Crippen MR) is 136 cm³/mol. The number of methoxy groups -OCH3 is 1. The van der Waals surface area contributed by atoms with E-state index in [-0.39, 0.29) is 36.5 Å². The fourth-order valence-corrected chi connectivity index (χ4v) is 5.83. The summed E-state index contributed by atoms with van der Waals surface area (Å²) in [5.74, 6) is -11.8. The topological polar surface area (TPSA) is 140 Å². The van der Waals surface area contributed by atoms with Gasteiger partial charge in [-0.05, 0) is 30.0 Å². The van der Waals surface area contributed by atoms with Crippen LogP contribution in [0, 0.1) is 5.92 Å². The number of imidazole rings is 1. The molecule has 0 spiro atoms. The molecule has 0 aromatic carbocycles. The molecule has 3 atom stereocenters. The standard InChI is InChI=1S/C26H28F6N8O4/c1-43-10-17(39-12-25(29,30)11-33-23(39)42)14-6-18-35-16(9-40(18)34-8-14)19(13-2-4-24(27,28)5-3-13)36-22(41)21-20(37-44-38-21)15-7-26(15,31)32/h6,8-9,13,15,17,19H,2-5,7,10-12H2,1H3,(H,33,42)(H,36,41)/t15-,17+,19-/m0/s1. The third-order valence-corrected chi connectivity index (χ3v) is 8.33. The van der Waals surface area contributed by atoms with Gasteiger partial charge >= 0.3 is 6.03 Å². The van der Waals surface area contributed by atoms with Crippen molar-refractivity contribution < 1.29 is 45.3 Å². The molecule has 1 saturated heterocycles. The van der Waals surface area contributed by atoms with Crippen LogP contribution in [0.4, 0.5) is 31.1 Å². The van der Waals surface area contributed by atoms with Crippen LogP contribution >= 0.6 is 0 Å². The average Bonchev–Trinajstić information content (AvgIpc) is 3.31. The second-order valence-corrected chi connectivity index (χ2v) is 11.5. The summed E-state index contributed by atoms with van der Waals surface area (Å²) in [6.07, 6.45) is 1.54. The molecule has 6 rings (SSSR count). The number of fused-ring (bicyclic) bond motifs is 1. The zero-order chi connectivity index (χ0) is 31.4. The molecule has 2 saturated carbocycles. The maximum absolute atomic E-state index is 14.2. The van der Waals surface area contributed by atoms with E-state index in [1.807, 2.05) is 0 Å². The number of aromatic nitrogens is 5. The van der Waals surface area contributed by atoms with Gasteiger partial charge in [0.25, 0.3) is 17.8 Å². The second-order valence-electron chi connectivity index (χ2n) is 11.5. The van der Waals surface area contributed by atoms with Crippen LogP contribution in [0.2, 0.25) is 0 Å². The number of rotatable bonds is 9. The van der Waals surface area contributed by atoms with Gasteiger partial charge in [-0.15, -0.1) is 0 Å². The van der Waals surface area contributed by atoms with Crippen molar-refractivity contribution in [1.82, 2.24) is 40.4 Å². The van der Waals surface area contributed by atoms with Crippen LogP contribution in [0.15, 0.2) is 23.1 Å². The third kappa shape index (κ3) is 5.90. The molecular formula is C26H28F6N8O4. The van der Waals surface area contributed by atoms with Crippen molar-refractivity contribution >= 4 is 17.6 Å². The fraction of sp³-hybridized carbons (Fsp3) is 0.615. The van der Waals surface area contributed by atoms with Crippen molar-refractivity contribution in [3.63, 3.8) is 0 Å². The lowest BCUT2D eigenvalue weighted by atomic mass is 9.81. The molecule has 44 heavy (non-hydrogen) atoms. The Bertz CT molecular complexity index is 1550. The average molecular weight is 631 g/mol. The minimum atomic E-state index is -3.17. The summed E-state index contributed by atoms with van der Waals surface area (Å²) in [6.45, 7) is -1.76. The largest absolute Gasteiger partial charge is 0.382 e. The van der Waals surface area contributed by atoms with Gasteiger partial charge in [0.1, 0.15) is 5.69 Å². The molecule has 238 valence electrons. The minimum Gasteiger partial charge on any atom is -0.382 e. The van der Waals surface area contributed by atoms with Crippen molar-refractivity contribution in [2.45, 2.75) is 67.9 Å². The van der Waals surface area contributed by atoms with Crippen LogP contribution in [-0.2, 0) is 4.74 Å². The van der Waals surface area contributed by atoms with Crippen LogP contribution in [-0.4, -0.2) is 86.3 Å². The van der Waals surface area contributed by atoms with Gasteiger partial charge in [0.15, 0.2) is 11.3 Å². The molecule has 1 aliphatic heterocycles. The monoisotopic (exact) mass is 630 g/mol. The summed E-state index contributed by atoms with van der Waals surface area (Å²) in [5, 5.41) is 16.2. The molecule has 2 N–H and O–H groups in total. The molecule has 3 aromatic rings. The summed E-state index contributed by atoms with van der Waals surface area (Å²) < 4.78 is 95.0.